The minimum atomic E-state index is -0.678. The molecule has 110 valence electrons. The van der Waals surface area contributed by atoms with Gasteiger partial charge in [-0.15, -0.1) is 0 Å². The van der Waals surface area contributed by atoms with Crippen molar-refractivity contribution in [3.8, 4) is 5.75 Å². The first-order chi connectivity index (χ1) is 10.1. The van der Waals surface area contributed by atoms with E-state index in [-0.39, 0.29) is 11.4 Å². The van der Waals surface area contributed by atoms with Crippen LogP contribution in [0, 0.1) is 15.9 Å². The summed E-state index contributed by atoms with van der Waals surface area (Å²) in [5.74, 6) is -0.0708. The number of hydrogen-bond donors (Lipinski definition) is 2. The number of nitro benzene ring substituents is 1. The number of halogens is 1. The Morgan fingerprint density at radius 2 is 2.05 bits per heavy atom. The van der Waals surface area contributed by atoms with Crippen LogP contribution in [0.3, 0.4) is 0 Å². The normalized spacial score (nSPS) is 10.2. The van der Waals surface area contributed by atoms with Crippen molar-refractivity contribution < 1.29 is 14.1 Å². The number of nitrogens with one attached hydrogen (secondary N) is 1. The molecule has 0 aliphatic rings. The molecule has 3 N–H and O–H groups in total. The van der Waals surface area contributed by atoms with Crippen molar-refractivity contribution in [2.24, 2.45) is 5.73 Å². The van der Waals surface area contributed by atoms with Gasteiger partial charge in [0, 0.05) is 30.1 Å². The molecule has 0 bridgehead atoms. The van der Waals surface area contributed by atoms with Crippen molar-refractivity contribution in [1.82, 2.24) is 0 Å². The SMILES string of the molecule is NCCOc1cccc(Nc2cc(F)cc([N+](=O)[O-])c2)c1. The molecule has 2 aromatic carbocycles. The second-order valence-electron chi connectivity index (χ2n) is 4.25. The Hall–Kier alpha value is -2.67. The van der Waals surface area contributed by atoms with Gasteiger partial charge >= 0.3 is 0 Å². The minimum absolute atomic E-state index is 0.290. The fourth-order valence-electron chi connectivity index (χ4n) is 1.76. The summed E-state index contributed by atoms with van der Waals surface area (Å²) in [4.78, 5) is 10.1. The Morgan fingerprint density at radius 1 is 1.24 bits per heavy atom. The molecule has 0 aliphatic carbocycles. The number of ether oxygens (including phenoxy) is 1. The molecule has 0 atom stereocenters. The van der Waals surface area contributed by atoms with Gasteiger partial charge in [-0.05, 0) is 18.2 Å². The van der Waals surface area contributed by atoms with E-state index in [9.17, 15) is 14.5 Å². The summed E-state index contributed by atoms with van der Waals surface area (Å²) in [7, 11) is 0. The summed E-state index contributed by atoms with van der Waals surface area (Å²) in [5, 5.41) is 13.6. The standard InChI is InChI=1S/C14H14FN3O3/c15-10-6-12(8-13(7-10)18(19)20)17-11-2-1-3-14(9-11)21-5-4-16/h1-3,6-9,17H,4-5,16H2. The van der Waals surface area contributed by atoms with Crippen molar-refractivity contribution in [1.29, 1.82) is 0 Å². The number of rotatable bonds is 6. The van der Waals surface area contributed by atoms with E-state index >= 15 is 0 Å². The van der Waals surface area contributed by atoms with Crippen LogP contribution in [-0.4, -0.2) is 18.1 Å². The van der Waals surface area contributed by atoms with E-state index < -0.39 is 10.7 Å². The second-order valence-corrected chi connectivity index (χ2v) is 4.25. The molecule has 0 saturated carbocycles. The van der Waals surface area contributed by atoms with E-state index in [1.165, 1.54) is 12.1 Å². The molecule has 0 aromatic heterocycles. The van der Waals surface area contributed by atoms with E-state index in [2.05, 4.69) is 5.32 Å². The number of benzene rings is 2. The zero-order chi connectivity index (χ0) is 15.2. The first-order valence-corrected chi connectivity index (χ1v) is 6.23. The van der Waals surface area contributed by atoms with Gasteiger partial charge < -0.3 is 15.8 Å². The van der Waals surface area contributed by atoms with Crippen LogP contribution in [0.25, 0.3) is 0 Å². The molecule has 0 heterocycles. The lowest BCUT2D eigenvalue weighted by molar-refractivity contribution is -0.385. The quantitative estimate of drug-likeness (QED) is 0.631. The smallest absolute Gasteiger partial charge is 0.274 e. The maximum atomic E-state index is 13.4. The van der Waals surface area contributed by atoms with Crippen molar-refractivity contribution in [2.75, 3.05) is 18.5 Å². The summed E-state index contributed by atoms with van der Waals surface area (Å²) in [6.07, 6.45) is 0. The monoisotopic (exact) mass is 291 g/mol. The average molecular weight is 291 g/mol. The van der Waals surface area contributed by atoms with Gasteiger partial charge in [-0.1, -0.05) is 6.07 Å². The Labute approximate surface area is 120 Å². The molecule has 2 rings (SSSR count). The molecular formula is C14H14FN3O3. The van der Waals surface area contributed by atoms with E-state index in [4.69, 9.17) is 10.5 Å². The first-order valence-electron chi connectivity index (χ1n) is 6.23. The van der Waals surface area contributed by atoms with Crippen molar-refractivity contribution in [2.45, 2.75) is 0 Å². The summed E-state index contributed by atoms with van der Waals surface area (Å²) in [5.41, 5.74) is 5.96. The van der Waals surface area contributed by atoms with Crippen LogP contribution in [0.2, 0.25) is 0 Å². The van der Waals surface area contributed by atoms with Crippen molar-refractivity contribution >= 4 is 17.1 Å². The van der Waals surface area contributed by atoms with Crippen LogP contribution in [-0.2, 0) is 0 Å². The molecule has 21 heavy (non-hydrogen) atoms. The molecule has 2 aromatic rings. The first kappa shape index (κ1) is 14.7. The summed E-state index contributed by atoms with van der Waals surface area (Å²) in [6.45, 7) is 0.780. The molecule has 6 nitrogen and oxygen atoms in total. The number of nitro groups is 1. The highest BCUT2D eigenvalue weighted by molar-refractivity contribution is 5.63. The Bertz CT molecular complexity index is 649. The third-order valence-corrected chi connectivity index (χ3v) is 2.60. The van der Waals surface area contributed by atoms with Gasteiger partial charge in [0.1, 0.15) is 18.2 Å². The Kier molecular flexibility index (Phi) is 4.68. The number of hydrogen-bond acceptors (Lipinski definition) is 5. The minimum Gasteiger partial charge on any atom is -0.492 e. The number of nitrogens with zero attached hydrogens (tertiary/aromatic N) is 1. The van der Waals surface area contributed by atoms with E-state index in [1.807, 2.05) is 0 Å². The van der Waals surface area contributed by atoms with Gasteiger partial charge in [0.25, 0.3) is 5.69 Å². The number of nitrogens with two attached hydrogens (primary N) is 1. The molecule has 0 fully saturated rings. The second kappa shape index (κ2) is 6.67. The molecule has 0 amide bonds. The summed E-state index contributed by atoms with van der Waals surface area (Å²) < 4.78 is 18.7. The van der Waals surface area contributed by atoms with Crippen molar-refractivity contribution in [3.63, 3.8) is 0 Å². The molecular weight excluding hydrogens is 277 g/mol. The number of non-ortho nitro benzene ring substituents is 1. The maximum absolute atomic E-state index is 13.4. The van der Waals surface area contributed by atoms with Gasteiger partial charge in [0.2, 0.25) is 0 Å². The van der Waals surface area contributed by atoms with Gasteiger partial charge in [-0.3, -0.25) is 10.1 Å². The highest BCUT2D eigenvalue weighted by Gasteiger charge is 2.10. The van der Waals surface area contributed by atoms with Gasteiger partial charge in [0.15, 0.2) is 0 Å². The molecule has 0 spiro atoms. The highest BCUT2D eigenvalue weighted by Crippen LogP contribution is 2.25. The molecule has 7 heteroatoms. The highest BCUT2D eigenvalue weighted by atomic mass is 19.1. The fourth-order valence-corrected chi connectivity index (χ4v) is 1.76. The largest absolute Gasteiger partial charge is 0.492 e. The third-order valence-electron chi connectivity index (χ3n) is 2.60. The summed E-state index contributed by atoms with van der Waals surface area (Å²) >= 11 is 0. The molecule has 0 aliphatic heterocycles. The van der Waals surface area contributed by atoms with Crippen LogP contribution >= 0.6 is 0 Å². The zero-order valence-electron chi connectivity index (χ0n) is 11.1. The molecule has 0 radical (unpaired) electrons. The topological polar surface area (TPSA) is 90.4 Å². The lowest BCUT2D eigenvalue weighted by atomic mass is 10.2. The van der Waals surface area contributed by atoms with E-state index in [0.29, 0.717) is 24.6 Å². The van der Waals surface area contributed by atoms with Crippen LogP contribution < -0.4 is 15.8 Å². The fraction of sp³-hybridized carbons (Fsp3) is 0.143. The maximum Gasteiger partial charge on any atom is 0.274 e. The predicted octanol–water partition coefficient (Wildman–Crippen LogP) is 2.82. The Morgan fingerprint density at radius 3 is 2.76 bits per heavy atom. The van der Waals surface area contributed by atoms with Gasteiger partial charge in [-0.25, -0.2) is 4.39 Å². The zero-order valence-corrected chi connectivity index (χ0v) is 11.1. The van der Waals surface area contributed by atoms with Gasteiger partial charge in [0.05, 0.1) is 11.0 Å². The lowest BCUT2D eigenvalue weighted by Gasteiger charge is -2.09. The average Bonchev–Trinajstić information content (AvgIpc) is 2.45. The third kappa shape index (κ3) is 4.15. The summed E-state index contributed by atoms with van der Waals surface area (Å²) in [6, 6.07) is 10.3. The van der Waals surface area contributed by atoms with E-state index in [0.717, 1.165) is 6.07 Å². The van der Waals surface area contributed by atoms with E-state index in [1.54, 1.807) is 24.3 Å². The number of anilines is 2. The van der Waals surface area contributed by atoms with Crippen LogP contribution in [0.5, 0.6) is 5.75 Å². The van der Waals surface area contributed by atoms with Gasteiger partial charge in [-0.2, -0.15) is 0 Å². The molecule has 0 unspecified atom stereocenters. The van der Waals surface area contributed by atoms with Crippen molar-refractivity contribution in [3.05, 3.63) is 58.4 Å². The van der Waals surface area contributed by atoms with Crippen LogP contribution in [0.15, 0.2) is 42.5 Å². The molecule has 0 saturated heterocycles. The predicted molar refractivity (Wildman–Crippen MR) is 77.3 cm³/mol. The Balaban J connectivity index is 2.19. The van der Waals surface area contributed by atoms with Crippen LogP contribution in [0.1, 0.15) is 0 Å². The lowest BCUT2D eigenvalue weighted by Crippen LogP contribution is -2.10. The van der Waals surface area contributed by atoms with Crippen LogP contribution in [0.4, 0.5) is 21.5 Å².